The largest absolute Gasteiger partial charge is 0.388 e. The zero-order valence-corrected chi connectivity index (χ0v) is 33.6. The number of halogens is 2. The molecule has 1 heterocycles. The van der Waals surface area contributed by atoms with E-state index in [1.807, 2.05) is 56.3 Å². The number of aliphatic imine (C=N–C) groups is 1. The molecule has 1 fully saturated rings. The molecule has 7 heteroatoms. The lowest BCUT2D eigenvalue weighted by Gasteiger charge is -2.50. The Hall–Kier alpha value is -3.28. The van der Waals surface area contributed by atoms with E-state index >= 15 is 4.79 Å². The lowest BCUT2D eigenvalue weighted by Crippen LogP contribution is -2.52. The zero-order chi connectivity index (χ0) is 38.0. The minimum Gasteiger partial charge on any atom is -0.388 e. The highest BCUT2D eigenvalue weighted by atomic mass is 35.5. The Morgan fingerprint density at radius 1 is 0.962 bits per heavy atom. The average molecular weight is 743 g/mol. The van der Waals surface area contributed by atoms with Crippen LogP contribution in [-0.2, 0) is 4.79 Å². The van der Waals surface area contributed by atoms with Crippen LogP contribution in [0.5, 0.6) is 0 Å². The summed E-state index contributed by atoms with van der Waals surface area (Å²) in [5, 5.41) is 8.82. The third-order valence-corrected chi connectivity index (χ3v) is 12.8. The summed E-state index contributed by atoms with van der Waals surface area (Å²) in [4.78, 5) is 34.1. The zero-order valence-electron chi connectivity index (χ0n) is 32.1. The third-order valence-electron chi connectivity index (χ3n) is 12.4. The molecule has 0 amide bonds. The van der Waals surface area contributed by atoms with Crippen molar-refractivity contribution in [1.82, 2.24) is 0 Å². The highest BCUT2D eigenvalue weighted by molar-refractivity contribution is 6.47. The molecule has 3 aromatic carbocycles. The van der Waals surface area contributed by atoms with Crippen LogP contribution in [0.15, 0.2) is 71.7 Å². The van der Waals surface area contributed by atoms with E-state index in [9.17, 15) is 4.79 Å². The quantitative estimate of drug-likeness (QED) is 0.110. The summed E-state index contributed by atoms with van der Waals surface area (Å²) in [5.74, 6) is 0.352. The smallest absolute Gasteiger partial charge is 0.185 e. The Labute approximate surface area is 321 Å². The van der Waals surface area contributed by atoms with Crippen molar-refractivity contribution in [2.75, 3.05) is 0 Å². The van der Waals surface area contributed by atoms with Gasteiger partial charge in [-0.2, -0.15) is 0 Å². The summed E-state index contributed by atoms with van der Waals surface area (Å²) in [7, 11) is 0. The van der Waals surface area contributed by atoms with Gasteiger partial charge in [0.25, 0.3) is 0 Å². The molecule has 278 valence electrons. The van der Waals surface area contributed by atoms with Gasteiger partial charge in [-0.05, 0) is 102 Å². The number of hydrogen-bond donors (Lipinski definition) is 2. The fraction of sp³-hybridized carbons (Fsp3) is 0.511. The molecule has 0 bridgehead atoms. The molecule has 1 aliphatic heterocycles. The molecule has 2 aliphatic rings. The van der Waals surface area contributed by atoms with Crippen molar-refractivity contribution in [3.8, 4) is 11.1 Å². The van der Waals surface area contributed by atoms with E-state index in [0.717, 1.165) is 67.2 Å². The predicted molar refractivity (Wildman–Crippen MR) is 218 cm³/mol. The second-order valence-electron chi connectivity index (χ2n) is 16.9. The normalized spacial score (nSPS) is 23.9. The molecule has 0 radical (unpaired) electrons. The highest BCUT2D eigenvalue weighted by Gasteiger charge is 2.52. The number of carbonyl (C=O) groups excluding carboxylic acids is 2. The van der Waals surface area contributed by atoms with Crippen molar-refractivity contribution in [3.05, 3.63) is 93.5 Å². The van der Waals surface area contributed by atoms with Gasteiger partial charge in [-0.1, -0.05) is 127 Å². The number of nitrogens with zero attached hydrogens (tertiary/aromatic N) is 1. The van der Waals surface area contributed by atoms with Gasteiger partial charge in [0.05, 0.1) is 11.4 Å². The highest BCUT2D eigenvalue weighted by Crippen LogP contribution is 2.53. The van der Waals surface area contributed by atoms with Gasteiger partial charge in [0, 0.05) is 39.4 Å². The summed E-state index contributed by atoms with van der Waals surface area (Å²) in [6.07, 6.45) is 7.38. The van der Waals surface area contributed by atoms with Gasteiger partial charge in [-0.25, -0.2) is 0 Å². The Kier molecular flexibility index (Phi) is 12.6. The maximum absolute atomic E-state index is 15.1. The van der Waals surface area contributed by atoms with Crippen molar-refractivity contribution < 1.29 is 9.59 Å². The van der Waals surface area contributed by atoms with Crippen LogP contribution in [0.4, 0.5) is 0 Å². The molecule has 5 unspecified atom stereocenters. The second kappa shape index (κ2) is 16.4. The summed E-state index contributed by atoms with van der Waals surface area (Å²) in [6.45, 7) is 15.4. The number of benzene rings is 3. The maximum Gasteiger partial charge on any atom is 0.185 e. The summed E-state index contributed by atoms with van der Waals surface area (Å²) in [5.41, 5.74) is 10.5. The number of rotatable bonds is 12. The number of Topliss-reactive ketones (excluding diaryl/α,β-unsaturated/α-hetero) is 2. The van der Waals surface area contributed by atoms with E-state index in [1.165, 1.54) is 0 Å². The van der Waals surface area contributed by atoms with Crippen molar-refractivity contribution in [2.45, 2.75) is 111 Å². The Balaban J connectivity index is 1.57. The van der Waals surface area contributed by atoms with Crippen molar-refractivity contribution >= 4 is 46.3 Å². The number of carbonyl (C=O) groups is 2. The van der Waals surface area contributed by atoms with Crippen LogP contribution in [0, 0.1) is 40.4 Å². The van der Waals surface area contributed by atoms with Crippen molar-refractivity contribution in [3.63, 3.8) is 0 Å². The van der Waals surface area contributed by atoms with Gasteiger partial charge in [0.2, 0.25) is 0 Å². The van der Waals surface area contributed by atoms with Crippen LogP contribution in [0.25, 0.3) is 11.1 Å². The SMILES string of the molecule is CCCCC(c1ccc(C(=O)C(C)C(C)CC(=N)N)cc1)C1C(=O)C(c2cccc(-c3cc(Cl)cc(Cl)c3)c2)=NC2(CCC(C(C)(C)C)CC2)C1C. The van der Waals surface area contributed by atoms with E-state index in [4.69, 9.17) is 39.3 Å². The molecular weight excluding hydrogens is 685 g/mol. The van der Waals surface area contributed by atoms with Gasteiger partial charge < -0.3 is 5.73 Å². The first-order valence-electron chi connectivity index (χ1n) is 19.2. The topological polar surface area (TPSA) is 96.4 Å². The van der Waals surface area contributed by atoms with Gasteiger partial charge in [-0.15, -0.1) is 0 Å². The number of amidine groups is 1. The number of nitrogens with two attached hydrogens (primary N) is 1. The molecular formula is C45H57Cl2N3O2. The number of unbranched alkanes of at least 4 members (excludes halogenated alkanes) is 1. The lowest BCUT2D eigenvalue weighted by molar-refractivity contribution is -0.121. The maximum atomic E-state index is 15.1. The molecule has 3 aromatic rings. The van der Waals surface area contributed by atoms with E-state index in [2.05, 4.69) is 52.8 Å². The van der Waals surface area contributed by atoms with Crippen LogP contribution in [0.1, 0.15) is 127 Å². The predicted octanol–water partition coefficient (Wildman–Crippen LogP) is 12.0. The Bertz CT molecular complexity index is 1780. The molecule has 1 saturated carbocycles. The minimum atomic E-state index is -0.340. The van der Waals surface area contributed by atoms with E-state index in [0.29, 0.717) is 33.7 Å². The van der Waals surface area contributed by atoms with Crippen LogP contribution in [-0.4, -0.2) is 28.7 Å². The molecule has 5 atom stereocenters. The molecule has 5 rings (SSSR count). The summed E-state index contributed by atoms with van der Waals surface area (Å²) >= 11 is 12.8. The standard InChI is InChI=1S/C45H57Cl2N3O2/c1-8-9-13-38(30-14-16-31(17-15-30)42(51)28(3)27(2)22-39(48)49)40-29(4)45(20-18-35(19-21-45)44(5,6)7)50-41(43(40)52)33-12-10-11-32(23-33)34-24-36(46)26-37(47)25-34/h10-12,14-17,23-29,35,38,40H,8-9,13,18-22H2,1-7H3,(H3,48,49). The fourth-order valence-electron chi connectivity index (χ4n) is 8.87. The number of ketones is 2. The molecule has 0 aromatic heterocycles. The first kappa shape index (κ1) is 39.9. The average Bonchev–Trinajstić information content (AvgIpc) is 3.10. The molecule has 52 heavy (non-hydrogen) atoms. The number of nitrogens with one attached hydrogen (secondary N) is 1. The van der Waals surface area contributed by atoms with Gasteiger partial charge in [0.15, 0.2) is 11.6 Å². The first-order valence-corrected chi connectivity index (χ1v) is 20.0. The van der Waals surface area contributed by atoms with E-state index in [1.54, 1.807) is 6.07 Å². The fourth-order valence-corrected chi connectivity index (χ4v) is 9.40. The molecule has 1 spiro atoms. The Morgan fingerprint density at radius 2 is 1.58 bits per heavy atom. The first-order chi connectivity index (χ1) is 24.5. The third kappa shape index (κ3) is 8.74. The van der Waals surface area contributed by atoms with Crippen molar-refractivity contribution in [1.29, 1.82) is 5.41 Å². The van der Waals surface area contributed by atoms with Gasteiger partial charge in [-0.3, -0.25) is 20.0 Å². The molecule has 0 saturated heterocycles. The summed E-state index contributed by atoms with van der Waals surface area (Å²) < 4.78 is 0. The van der Waals surface area contributed by atoms with Crippen LogP contribution in [0.3, 0.4) is 0 Å². The molecule has 5 nitrogen and oxygen atoms in total. The molecule has 1 aliphatic carbocycles. The second-order valence-corrected chi connectivity index (χ2v) is 17.7. The van der Waals surface area contributed by atoms with Crippen LogP contribution < -0.4 is 5.73 Å². The molecule has 3 N–H and O–H groups in total. The Morgan fingerprint density at radius 3 is 2.15 bits per heavy atom. The minimum absolute atomic E-state index is 0.0155. The number of hydrogen-bond acceptors (Lipinski definition) is 4. The van der Waals surface area contributed by atoms with Crippen molar-refractivity contribution in [2.24, 2.45) is 45.7 Å². The monoisotopic (exact) mass is 741 g/mol. The van der Waals surface area contributed by atoms with Crippen LogP contribution in [0.2, 0.25) is 10.0 Å². The lowest BCUT2D eigenvalue weighted by atomic mass is 9.57. The summed E-state index contributed by atoms with van der Waals surface area (Å²) in [6, 6.07) is 21.7. The van der Waals surface area contributed by atoms with Gasteiger partial charge >= 0.3 is 0 Å². The van der Waals surface area contributed by atoms with E-state index < -0.39 is 0 Å². The van der Waals surface area contributed by atoms with E-state index in [-0.39, 0.29) is 57.9 Å². The van der Waals surface area contributed by atoms with Crippen LogP contribution >= 0.6 is 23.2 Å². The van der Waals surface area contributed by atoms with Gasteiger partial charge in [0.1, 0.15) is 5.71 Å².